The van der Waals surface area contributed by atoms with Gasteiger partial charge in [-0.3, -0.25) is 9.98 Å². The van der Waals surface area contributed by atoms with Crippen LogP contribution in [0.5, 0.6) is 0 Å². The molecule has 1 N–H and O–H groups in total. The van der Waals surface area contributed by atoms with E-state index in [9.17, 15) is 4.39 Å². The maximum absolute atomic E-state index is 13.5. The summed E-state index contributed by atoms with van der Waals surface area (Å²) in [6.45, 7) is 11.4. The van der Waals surface area contributed by atoms with Crippen LogP contribution in [0.25, 0.3) is 5.70 Å². The van der Waals surface area contributed by atoms with E-state index in [1.807, 2.05) is 19.9 Å². The van der Waals surface area contributed by atoms with Gasteiger partial charge in [-0.05, 0) is 87.3 Å². The number of fused-ring (bicyclic) bond motifs is 1. The molecule has 1 saturated heterocycles. The number of nitrogens with zero attached hydrogens (tertiary/aromatic N) is 4. The maximum Gasteiger partial charge on any atom is 0.158 e. The Morgan fingerprint density at radius 1 is 1.17 bits per heavy atom. The number of halogens is 1. The molecule has 36 heavy (non-hydrogen) atoms. The molecule has 0 aromatic heterocycles. The summed E-state index contributed by atoms with van der Waals surface area (Å²) in [7, 11) is 2.93. The number of rotatable bonds is 6. The number of hydrogen-bond donors (Lipinski definition) is 1. The van der Waals surface area contributed by atoms with Gasteiger partial charge in [-0.1, -0.05) is 39.6 Å². The fourth-order valence-corrected chi connectivity index (χ4v) is 5.33. The van der Waals surface area contributed by atoms with Gasteiger partial charge in [-0.25, -0.2) is 9.38 Å². The molecule has 2 aromatic rings. The molecule has 7 heteroatoms. The molecule has 2 unspecified atom stereocenters. The van der Waals surface area contributed by atoms with E-state index in [4.69, 9.17) is 9.98 Å². The summed E-state index contributed by atoms with van der Waals surface area (Å²) in [6.07, 6.45) is 5.04. The maximum atomic E-state index is 13.5. The first-order valence-corrected chi connectivity index (χ1v) is 13.1. The van der Waals surface area contributed by atoms with Crippen LogP contribution in [-0.2, 0) is 13.0 Å². The SMILES string of the molecule is C=NC(=NC1CCCNC1)C(/C(C)=N\C(=C/C)c1ccc(F)cc1)=C(/P)N1CCc2ccccc2C1. The Kier molecular flexibility index (Phi) is 8.95. The monoisotopic (exact) mass is 503 g/mol. The second-order valence-electron chi connectivity index (χ2n) is 9.19. The fraction of sp³-hybridized carbons (Fsp3) is 0.345. The van der Waals surface area contributed by atoms with Crippen LogP contribution in [0, 0.1) is 5.82 Å². The van der Waals surface area contributed by atoms with E-state index in [1.165, 1.54) is 23.3 Å². The predicted molar refractivity (Wildman–Crippen MR) is 153 cm³/mol. The first-order chi connectivity index (χ1) is 17.5. The number of nitrogens with one attached hydrogen (secondary N) is 1. The quantitative estimate of drug-likeness (QED) is 0.315. The second-order valence-corrected chi connectivity index (χ2v) is 9.74. The fourth-order valence-electron chi connectivity index (χ4n) is 4.78. The Balaban J connectivity index is 1.76. The van der Waals surface area contributed by atoms with Gasteiger partial charge in [0.25, 0.3) is 0 Å². The van der Waals surface area contributed by atoms with E-state index in [0.29, 0.717) is 5.84 Å². The minimum atomic E-state index is -0.264. The van der Waals surface area contributed by atoms with Crippen LogP contribution < -0.4 is 5.32 Å². The minimum Gasteiger partial charge on any atom is -0.366 e. The molecule has 2 heterocycles. The first kappa shape index (κ1) is 26.1. The van der Waals surface area contributed by atoms with Gasteiger partial charge in [0.2, 0.25) is 0 Å². The molecule has 0 amide bonds. The predicted octanol–water partition coefficient (Wildman–Crippen LogP) is 5.64. The standard InChI is InChI=1S/C29H35FN5P/c1-4-26(22-11-13-24(30)14-12-22)33-20(2)27(28(31-3)34-25-10-7-16-32-18-25)29(36)35-17-15-21-8-5-6-9-23(21)19-35/h4-6,8-9,11-14,25,32H,3,7,10,15-19,36H2,1-2H3/b26-4-,29-27+,33-20-,34-28?. The van der Waals surface area contributed by atoms with Gasteiger partial charge in [0.05, 0.1) is 23.0 Å². The molecule has 2 atom stereocenters. The smallest absolute Gasteiger partial charge is 0.158 e. The molecule has 2 aliphatic rings. The van der Waals surface area contributed by atoms with Crippen molar-refractivity contribution in [3.8, 4) is 0 Å². The number of aliphatic imine (C=N–C) groups is 3. The van der Waals surface area contributed by atoms with Gasteiger partial charge in [0.1, 0.15) is 5.82 Å². The third-order valence-corrected chi connectivity index (χ3v) is 7.39. The van der Waals surface area contributed by atoms with Gasteiger partial charge in [-0.2, -0.15) is 0 Å². The molecule has 0 bridgehead atoms. The molecular weight excluding hydrogens is 468 g/mol. The van der Waals surface area contributed by atoms with Crippen molar-refractivity contribution < 1.29 is 4.39 Å². The molecule has 0 aliphatic carbocycles. The zero-order valence-electron chi connectivity index (χ0n) is 21.2. The minimum absolute atomic E-state index is 0.153. The van der Waals surface area contributed by atoms with Crippen LogP contribution in [0.1, 0.15) is 43.4 Å². The van der Waals surface area contributed by atoms with Gasteiger partial charge in [-0.15, -0.1) is 0 Å². The number of allylic oxidation sites excluding steroid dienone is 1. The average molecular weight is 504 g/mol. The molecule has 4 rings (SSSR count). The van der Waals surface area contributed by atoms with Crippen molar-refractivity contribution in [1.82, 2.24) is 10.2 Å². The third kappa shape index (κ3) is 6.24. The highest BCUT2D eigenvalue weighted by atomic mass is 31.0. The van der Waals surface area contributed by atoms with Gasteiger partial charge in [0, 0.05) is 25.1 Å². The Bertz CT molecular complexity index is 1210. The van der Waals surface area contributed by atoms with E-state index in [-0.39, 0.29) is 11.9 Å². The lowest BCUT2D eigenvalue weighted by molar-refractivity contribution is 0.343. The van der Waals surface area contributed by atoms with Crippen molar-refractivity contribution in [3.63, 3.8) is 0 Å². The molecule has 188 valence electrons. The van der Waals surface area contributed by atoms with Crippen LogP contribution in [0.3, 0.4) is 0 Å². The second kappa shape index (κ2) is 12.3. The van der Waals surface area contributed by atoms with Crippen molar-refractivity contribution in [3.05, 3.63) is 88.1 Å². The van der Waals surface area contributed by atoms with Crippen molar-refractivity contribution in [2.45, 2.75) is 45.7 Å². The molecular formula is C29H35FN5P. The highest BCUT2D eigenvalue weighted by Gasteiger charge is 2.23. The van der Waals surface area contributed by atoms with Crippen LogP contribution in [0.2, 0.25) is 0 Å². The lowest BCUT2D eigenvalue weighted by atomic mass is 9.99. The topological polar surface area (TPSA) is 52.4 Å². The highest BCUT2D eigenvalue weighted by Crippen LogP contribution is 2.29. The van der Waals surface area contributed by atoms with Gasteiger partial charge < -0.3 is 10.2 Å². The molecule has 5 nitrogen and oxygen atoms in total. The molecule has 1 fully saturated rings. The summed E-state index contributed by atoms with van der Waals surface area (Å²) < 4.78 is 13.5. The van der Waals surface area contributed by atoms with Crippen LogP contribution >= 0.6 is 9.24 Å². The summed E-state index contributed by atoms with van der Waals surface area (Å²) in [6, 6.07) is 15.2. The zero-order valence-corrected chi connectivity index (χ0v) is 22.3. The van der Waals surface area contributed by atoms with E-state index in [2.05, 4.69) is 55.4 Å². The zero-order chi connectivity index (χ0) is 25.5. The Labute approximate surface area is 216 Å². The van der Waals surface area contributed by atoms with E-state index >= 15 is 0 Å². The number of piperidine rings is 1. The van der Waals surface area contributed by atoms with Gasteiger partial charge in [0.15, 0.2) is 5.84 Å². The van der Waals surface area contributed by atoms with E-state index in [0.717, 1.165) is 73.4 Å². The van der Waals surface area contributed by atoms with Crippen LogP contribution in [0.15, 0.2) is 80.6 Å². The molecule has 2 aliphatic heterocycles. The Hall–Kier alpha value is -2.95. The summed E-state index contributed by atoms with van der Waals surface area (Å²) in [4.78, 5) is 16.8. The lowest BCUT2D eigenvalue weighted by Gasteiger charge is -2.32. The van der Waals surface area contributed by atoms with Crippen molar-refractivity contribution >= 4 is 33.2 Å². The molecule has 0 saturated carbocycles. The molecule has 0 radical (unpaired) electrons. The number of hydrogen-bond acceptors (Lipinski definition) is 4. The van der Waals surface area contributed by atoms with Crippen molar-refractivity contribution in [1.29, 1.82) is 0 Å². The summed E-state index contributed by atoms with van der Waals surface area (Å²) in [5.74, 6) is 0.350. The van der Waals surface area contributed by atoms with Crippen LogP contribution in [0.4, 0.5) is 4.39 Å². The van der Waals surface area contributed by atoms with E-state index in [1.54, 1.807) is 12.1 Å². The average Bonchev–Trinajstić information content (AvgIpc) is 2.92. The Morgan fingerprint density at radius 3 is 2.58 bits per heavy atom. The molecule has 2 aromatic carbocycles. The summed E-state index contributed by atoms with van der Waals surface area (Å²) in [5.41, 5.74) is 7.04. The summed E-state index contributed by atoms with van der Waals surface area (Å²) >= 11 is 0. The lowest BCUT2D eigenvalue weighted by Crippen LogP contribution is -2.34. The first-order valence-electron chi connectivity index (χ1n) is 12.5. The Morgan fingerprint density at radius 2 is 1.92 bits per heavy atom. The van der Waals surface area contributed by atoms with E-state index < -0.39 is 0 Å². The highest BCUT2D eigenvalue weighted by molar-refractivity contribution is 7.22. The number of amidine groups is 1. The summed E-state index contributed by atoms with van der Waals surface area (Å²) in [5, 5.41) is 3.43. The third-order valence-electron chi connectivity index (χ3n) is 6.74. The van der Waals surface area contributed by atoms with Crippen molar-refractivity contribution in [2.75, 3.05) is 19.6 Å². The number of benzene rings is 2. The normalized spacial score (nSPS) is 20.1. The molecule has 0 spiro atoms. The van der Waals surface area contributed by atoms with Crippen LogP contribution in [-0.4, -0.2) is 48.8 Å². The van der Waals surface area contributed by atoms with Gasteiger partial charge >= 0.3 is 0 Å². The van der Waals surface area contributed by atoms with Crippen molar-refractivity contribution in [2.24, 2.45) is 15.0 Å². The largest absolute Gasteiger partial charge is 0.366 e.